The van der Waals surface area contributed by atoms with Crippen LogP contribution in [0.3, 0.4) is 0 Å². The molecule has 0 saturated heterocycles. The highest BCUT2D eigenvalue weighted by Crippen LogP contribution is 2.52. The summed E-state index contributed by atoms with van der Waals surface area (Å²) in [5, 5.41) is 1.22. The minimum absolute atomic E-state index is 0.726. The van der Waals surface area contributed by atoms with Crippen LogP contribution >= 0.6 is 15.9 Å². The van der Waals surface area contributed by atoms with Crippen molar-refractivity contribution >= 4 is 15.9 Å². The van der Waals surface area contributed by atoms with E-state index in [1.54, 1.807) is 0 Å². The Morgan fingerprint density at radius 2 is 2.00 bits per heavy atom. The van der Waals surface area contributed by atoms with Crippen LogP contribution in [0.4, 0.5) is 0 Å². The van der Waals surface area contributed by atoms with Crippen molar-refractivity contribution in [3.05, 3.63) is 0 Å². The number of hydrogen-bond acceptors (Lipinski definition) is 0. The summed E-state index contributed by atoms with van der Waals surface area (Å²) in [6.07, 6.45) is 5.67. The molecule has 0 aliphatic heterocycles. The fraction of sp³-hybridized carbons (Fsp3) is 1.00. The lowest BCUT2D eigenvalue weighted by molar-refractivity contribution is 0.0390. The lowest BCUT2D eigenvalue weighted by atomic mass is 9.58. The van der Waals surface area contributed by atoms with Gasteiger partial charge in [-0.25, -0.2) is 0 Å². The second-order valence-corrected chi connectivity index (χ2v) is 4.11. The fourth-order valence-electron chi connectivity index (χ4n) is 2.18. The van der Waals surface area contributed by atoms with Crippen LogP contribution in [0.5, 0.6) is 0 Å². The van der Waals surface area contributed by atoms with Crippen molar-refractivity contribution in [1.82, 2.24) is 0 Å². The van der Waals surface area contributed by atoms with Crippen LogP contribution in [0.2, 0.25) is 0 Å². The third-order valence-corrected chi connectivity index (χ3v) is 4.23. The Morgan fingerprint density at radius 1 is 1.40 bits per heavy atom. The summed E-state index contributed by atoms with van der Waals surface area (Å²) in [6.45, 7) is 4.66. The first kappa shape index (κ1) is 8.58. The molecule has 0 radical (unpaired) electrons. The average molecular weight is 205 g/mol. The van der Waals surface area contributed by atoms with Crippen molar-refractivity contribution in [1.29, 1.82) is 0 Å². The summed E-state index contributed by atoms with van der Waals surface area (Å²) in [5.74, 6) is 0.975. The average Bonchev–Trinajstić information content (AvgIpc) is 1.90. The van der Waals surface area contributed by atoms with Crippen LogP contribution in [0.25, 0.3) is 0 Å². The van der Waals surface area contributed by atoms with Gasteiger partial charge >= 0.3 is 0 Å². The first-order valence-corrected chi connectivity index (χ1v) is 5.47. The molecule has 1 fully saturated rings. The Morgan fingerprint density at radius 3 is 2.10 bits per heavy atom. The predicted octanol–water partition coefficient (Wildman–Crippen LogP) is 3.60. The van der Waals surface area contributed by atoms with Crippen molar-refractivity contribution in [2.75, 3.05) is 5.33 Å². The molecule has 1 aliphatic carbocycles. The number of halogens is 1. The largest absolute Gasteiger partial charge is 0.0925 e. The molecule has 1 heteroatoms. The molecule has 1 unspecified atom stereocenters. The molecule has 0 amide bonds. The van der Waals surface area contributed by atoms with Gasteiger partial charge in [-0.3, -0.25) is 0 Å². The van der Waals surface area contributed by atoms with E-state index in [-0.39, 0.29) is 0 Å². The van der Waals surface area contributed by atoms with Gasteiger partial charge < -0.3 is 0 Å². The third kappa shape index (κ3) is 1.13. The molecule has 0 aromatic heterocycles. The monoisotopic (exact) mass is 204 g/mol. The number of hydrogen-bond donors (Lipinski definition) is 0. The van der Waals surface area contributed by atoms with Crippen molar-refractivity contribution in [2.24, 2.45) is 11.3 Å². The predicted molar refractivity (Wildman–Crippen MR) is 49.5 cm³/mol. The highest BCUT2D eigenvalue weighted by molar-refractivity contribution is 9.09. The summed E-state index contributed by atoms with van der Waals surface area (Å²) >= 11 is 3.58. The minimum atomic E-state index is 0.726. The van der Waals surface area contributed by atoms with Gasteiger partial charge in [0.2, 0.25) is 0 Å². The molecule has 0 aromatic rings. The number of rotatable bonds is 3. The molecule has 0 bridgehead atoms. The Labute approximate surface area is 72.5 Å². The standard InChI is InChI=1S/C9H17Br/c1-3-9(4-2)6-5-8(9)7-10/h8H,3-7H2,1-2H3. The smallest absolute Gasteiger partial charge is 0.00649 e. The molecule has 0 nitrogen and oxygen atoms in total. The molecule has 1 rings (SSSR count). The topological polar surface area (TPSA) is 0 Å². The Hall–Kier alpha value is 0.480. The highest BCUT2D eigenvalue weighted by atomic mass is 79.9. The Balaban J connectivity index is 2.48. The molecule has 0 heterocycles. The van der Waals surface area contributed by atoms with Crippen molar-refractivity contribution in [2.45, 2.75) is 39.5 Å². The maximum atomic E-state index is 3.58. The lowest BCUT2D eigenvalue weighted by Gasteiger charge is -2.48. The molecular weight excluding hydrogens is 188 g/mol. The van der Waals surface area contributed by atoms with Gasteiger partial charge in [-0.15, -0.1) is 0 Å². The Kier molecular flexibility index (Phi) is 2.79. The minimum Gasteiger partial charge on any atom is -0.0925 e. The van der Waals surface area contributed by atoms with E-state index < -0.39 is 0 Å². The van der Waals surface area contributed by atoms with Crippen LogP contribution in [-0.4, -0.2) is 5.33 Å². The maximum Gasteiger partial charge on any atom is 0.00649 e. The van der Waals surface area contributed by atoms with E-state index >= 15 is 0 Å². The molecule has 60 valence electrons. The van der Waals surface area contributed by atoms with Gasteiger partial charge in [-0.05, 0) is 24.2 Å². The van der Waals surface area contributed by atoms with Crippen molar-refractivity contribution < 1.29 is 0 Å². The first-order chi connectivity index (χ1) is 4.79. The van der Waals surface area contributed by atoms with Crippen molar-refractivity contribution in [3.63, 3.8) is 0 Å². The third-order valence-electron chi connectivity index (χ3n) is 3.45. The fourth-order valence-corrected chi connectivity index (χ4v) is 3.19. The summed E-state index contributed by atoms with van der Waals surface area (Å²) in [4.78, 5) is 0. The van der Waals surface area contributed by atoms with Crippen LogP contribution < -0.4 is 0 Å². The van der Waals surface area contributed by atoms with Crippen LogP contribution in [0.15, 0.2) is 0 Å². The van der Waals surface area contributed by atoms with E-state index in [0.29, 0.717) is 0 Å². The maximum absolute atomic E-state index is 3.58. The summed E-state index contributed by atoms with van der Waals surface area (Å²) in [7, 11) is 0. The quantitative estimate of drug-likeness (QED) is 0.617. The molecule has 1 atom stereocenters. The van der Waals surface area contributed by atoms with Gasteiger partial charge in [0.25, 0.3) is 0 Å². The lowest BCUT2D eigenvalue weighted by Crippen LogP contribution is -2.40. The van der Waals surface area contributed by atoms with E-state index in [4.69, 9.17) is 0 Å². The van der Waals surface area contributed by atoms with Gasteiger partial charge in [0.15, 0.2) is 0 Å². The Bertz CT molecular complexity index is 97.8. The van der Waals surface area contributed by atoms with Gasteiger partial charge in [0.1, 0.15) is 0 Å². The van der Waals surface area contributed by atoms with E-state index in [1.165, 1.54) is 31.0 Å². The normalized spacial score (nSPS) is 29.7. The second-order valence-electron chi connectivity index (χ2n) is 3.46. The van der Waals surface area contributed by atoms with Gasteiger partial charge in [-0.1, -0.05) is 42.6 Å². The summed E-state index contributed by atoms with van der Waals surface area (Å²) in [6, 6.07) is 0. The van der Waals surface area contributed by atoms with Gasteiger partial charge in [0, 0.05) is 5.33 Å². The molecular formula is C9H17Br. The van der Waals surface area contributed by atoms with Crippen LogP contribution in [-0.2, 0) is 0 Å². The number of alkyl halides is 1. The zero-order valence-electron chi connectivity index (χ0n) is 6.99. The van der Waals surface area contributed by atoms with E-state index in [0.717, 1.165) is 11.3 Å². The zero-order chi connectivity index (χ0) is 7.61. The highest BCUT2D eigenvalue weighted by Gasteiger charge is 2.42. The zero-order valence-corrected chi connectivity index (χ0v) is 8.58. The van der Waals surface area contributed by atoms with Gasteiger partial charge in [-0.2, -0.15) is 0 Å². The first-order valence-electron chi connectivity index (χ1n) is 4.35. The van der Waals surface area contributed by atoms with Crippen LogP contribution in [0, 0.1) is 11.3 Å². The van der Waals surface area contributed by atoms with E-state index in [2.05, 4.69) is 29.8 Å². The second kappa shape index (κ2) is 3.25. The van der Waals surface area contributed by atoms with Crippen LogP contribution in [0.1, 0.15) is 39.5 Å². The van der Waals surface area contributed by atoms with E-state index in [1.807, 2.05) is 0 Å². The molecule has 1 aliphatic rings. The molecule has 0 aromatic carbocycles. The van der Waals surface area contributed by atoms with Gasteiger partial charge in [0.05, 0.1) is 0 Å². The van der Waals surface area contributed by atoms with Crippen molar-refractivity contribution in [3.8, 4) is 0 Å². The molecule has 1 saturated carbocycles. The summed E-state index contributed by atoms with van der Waals surface area (Å²) in [5.41, 5.74) is 0.726. The molecule has 0 N–H and O–H groups in total. The molecule has 0 spiro atoms. The summed E-state index contributed by atoms with van der Waals surface area (Å²) < 4.78 is 0. The molecule has 10 heavy (non-hydrogen) atoms. The van der Waals surface area contributed by atoms with E-state index in [9.17, 15) is 0 Å². The SMILES string of the molecule is CCC1(CC)CCC1CBr.